The molecule has 1 saturated heterocycles. The third kappa shape index (κ3) is 3.08. The Balaban J connectivity index is 2.05. The Morgan fingerprint density at radius 3 is 2.26 bits per heavy atom. The summed E-state index contributed by atoms with van der Waals surface area (Å²) in [6, 6.07) is 3.45. The monoisotopic (exact) mass is 269 g/mol. The third-order valence-corrected chi connectivity index (χ3v) is 3.28. The highest BCUT2D eigenvalue weighted by Crippen LogP contribution is 2.16. The molecule has 0 aromatic heterocycles. The van der Waals surface area contributed by atoms with Crippen LogP contribution in [0.25, 0.3) is 0 Å². The fourth-order valence-corrected chi connectivity index (χ4v) is 2.22. The molecule has 1 aromatic carbocycles. The van der Waals surface area contributed by atoms with Crippen LogP contribution in [0.5, 0.6) is 0 Å². The van der Waals surface area contributed by atoms with Crippen LogP contribution in [0.3, 0.4) is 0 Å². The van der Waals surface area contributed by atoms with E-state index in [1.165, 1.54) is 11.0 Å². The van der Waals surface area contributed by atoms with Crippen LogP contribution in [-0.2, 0) is 0 Å². The zero-order valence-electron chi connectivity index (χ0n) is 10.6. The molecule has 0 aliphatic carbocycles. The van der Waals surface area contributed by atoms with Gasteiger partial charge in [-0.1, -0.05) is 6.07 Å². The molecule has 1 amide bonds. The van der Waals surface area contributed by atoms with Crippen molar-refractivity contribution in [3.05, 3.63) is 35.4 Å². The Hall–Kier alpha value is -1.53. The molecule has 2 N–H and O–H groups in total. The van der Waals surface area contributed by atoms with Gasteiger partial charge in [-0.05, 0) is 12.1 Å². The summed E-state index contributed by atoms with van der Waals surface area (Å²) in [5.41, 5.74) is 5.00. The number of halogens is 2. The van der Waals surface area contributed by atoms with Gasteiger partial charge in [-0.2, -0.15) is 0 Å². The van der Waals surface area contributed by atoms with Crippen molar-refractivity contribution in [1.82, 2.24) is 9.80 Å². The molecule has 1 aliphatic heterocycles. The number of hydrogen-bond donors (Lipinski definition) is 1. The Morgan fingerprint density at radius 2 is 1.74 bits per heavy atom. The van der Waals surface area contributed by atoms with E-state index in [2.05, 4.69) is 4.90 Å². The minimum atomic E-state index is -0.811. The van der Waals surface area contributed by atoms with Crippen LogP contribution in [0.1, 0.15) is 10.4 Å². The predicted molar refractivity (Wildman–Crippen MR) is 67.8 cm³/mol. The number of rotatable bonds is 3. The van der Waals surface area contributed by atoms with Crippen molar-refractivity contribution in [1.29, 1.82) is 0 Å². The third-order valence-electron chi connectivity index (χ3n) is 3.28. The molecular formula is C13H17F2N3O. The molecule has 0 spiro atoms. The maximum absolute atomic E-state index is 13.5. The number of hydrogen-bond acceptors (Lipinski definition) is 3. The normalized spacial score (nSPS) is 16.7. The van der Waals surface area contributed by atoms with Gasteiger partial charge in [-0.3, -0.25) is 9.69 Å². The van der Waals surface area contributed by atoms with Gasteiger partial charge in [-0.15, -0.1) is 0 Å². The second-order valence-electron chi connectivity index (χ2n) is 4.52. The number of nitrogens with zero attached hydrogens (tertiary/aromatic N) is 2. The Labute approximate surface area is 110 Å². The molecule has 104 valence electrons. The van der Waals surface area contributed by atoms with Crippen molar-refractivity contribution in [3.8, 4) is 0 Å². The van der Waals surface area contributed by atoms with Gasteiger partial charge in [0.05, 0.1) is 0 Å². The summed E-state index contributed by atoms with van der Waals surface area (Å²) in [5.74, 6) is -2.20. The minimum Gasteiger partial charge on any atom is -0.336 e. The second kappa shape index (κ2) is 6.08. The van der Waals surface area contributed by atoms with Gasteiger partial charge < -0.3 is 10.6 Å². The fraction of sp³-hybridized carbons (Fsp3) is 0.462. The van der Waals surface area contributed by atoms with E-state index in [9.17, 15) is 13.6 Å². The summed E-state index contributed by atoms with van der Waals surface area (Å²) in [6.45, 7) is 3.63. The van der Waals surface area contributed by atoms with Gasteiger partial charge in [0.25, 0.3) is 5.91 Å². The predicted octanol–water partition coefficient (Wildman–Crippen LogP) is 0.681. The maximum Gasteiger partial charge on any atom is 0.259 e. The van der Waals surface area contributed by atoms with Crippen LogP contribution < -0.4 is 5.73 Å². The second-order valence-corrected chi connectivity index (χ2v) is 4.52. The van der Waals surface area contributed by atoms with Crippen LogP contribution in [0.4, 0.5) is 8.78 Å². The number of amides is 1. The Kier molecular flexibility index (Phi) is 4.44. The molecule has 1 heterocycles. The van der Waals surface area contributed by atoms with Gasteiger partial charge >= 0.3 is 0 Å². The average Bonchev–Trinajstić information content (AvgIpc) is 2.39. The summed E-state index contributed by atoms with van der Waals surface area (Å²) in [5, 5.41) is 0. The van der Waals surface area contributed by atoms with Crippen molar-refractivity contribution in [2.45, 2.75) is 0 Å². The van der Waals surface area contributed by atoms with Gasteiger partial charge in [-0.25, -0.2) is 8.78 Å². The van der Waals surface area contributed by atoms with E-state index in [-0.39, 0.29) is 0 Å². The topological polar surface area (TPSA) is 49.6 Å². The lowest BCUT2D eigenvalue weighted by atomic mass is 10.1. The number of nitrogens with two attached hydrogens (primary N) is 1. The first kappa shape index (κ1) is 13.9. The number of carbonyl (C=O) groups is 1. The van der Waals surface area contributed by atoms with E-state index in [4.69, 9.17) is 5.73 Å². The SMILES string of the molecule is NCCN1CCN(C(=O)c2c(F)cccc2F)CC1. The molecular weight excluding hydrogens is 252 g/mol. The van der Waals surface area contributed by atoms with Crippen LogP contribution in [0.15, 0.2) is 18.2 Å². The Bertz CT molecular complexity index is 439. The molecule has 0 radical (unpaired) electrons. The van der Waals surface area contributed by atoms with Crippen molar-refractivity contribution < 1.29 is 13.6 Å². The number of benzene rings is 1. The molecule has 0 unspecified atom stereocenters. The van der Waals surface area contributed by atoms with E-state index < -0.39 is 23.1 Å². The lowest BCUT2D eigenvalue weighted by Gasteiger charge is -2.34. The first-order valence-corrected chi connectivity index (χ1v) is 6.29. The first-order chi connectivity index (χ1) is 9.13. The molecule has 0 atom stereocenters. The van der Waals surface area contributed by atoms with Gasteiger partial charge in [0.2, 0.25) is 0 Å². The molecule has 0 saturated carbocycles. The summed E-state index contributed by atoms with van der Waals surface area (Å²) < 4.78 is 27.1. The van der Waals surface area contributed by atoms with Crippen molar-refractivity contribution in [2.24, 2.45) is 5.73 Å². The average molecular weight is 269 g/mol. The fourth-order valence-electron chi connectivity index (χ4n) is 2.22. The Morgan fingerprint density at radius 1 is 1.16 bits per heavy atom. The summed E-state index contributed by atoms with van der Waals surface area (Å²) >= 11 is 0. The maximum atomic E-state index is 13.5. The number of carbonyl (C=O) groups excluding carboxylic acids is 1. The molecule has 0 bridgehead atoms. The highest BCUT2D eigenvalue weighted by atomic mass is 19.1. The molecule has 1 fully saturated rings. The van der Waals surface area contributed by atoms with Gasteiger partial charge in [0.1, 0.15) is 17.2 Å². The van der Waals surface area contributed by atoms with Crippen molar-refractivity contribution in [3.63, 3.8) is 0 Å². The standard InChI is InChI=1S/C13H17F2N3O/c14-10-2-1-3-11(15)12(10)13(19)18-8-6-17(5-4-16)7-9-18/h1-3H,4-9,16H2. The smallest absolute Gasteiger partial charge is 0.259 e. The number of piperazine rings is 1. The van der Waals surface area contributed by atoms with E-state index in [0.29, 0.717) is 32.7 Å². The van der Waals surface area contributed by atoms with Gasteiger partial charge in [0, 0.05) is 39.3 Å². The van der Waals surface area contributed by atoms with E-state index in [1.807, 2.05) is 0 Å². The van der Waals surface area contributed by atoms with Crippen LogP contribution in [0, 0.1) is 11.6 Å². The van der Waals surface area contributed by atoms with Crippen LogP contribution in [0.2, 0.25) is 0 Å². The summed E-state index contributed by atoms with van der Waals surface area (Å²) in [7, 11) is 0. The van der Waals surface area contributed by atoms with Crippen LogP contribution >= 0.6 is 0 Å². The molecule has 2 rings (SSSR count). The van der Waals surface area contributed by atoms with Crippen molar-refractivity contribution in [2.75, 3.05) is 39.3 Å². The van der Waals surface area contributed by atoms with E-state index in [1.54, 1.807) is 0 Å². The lowest BCUT2D eigenvalue weighted by Crippen LogP contribution is -2.50. The van der Waals surface area contributed by atoms with Crippen LogP contribution in [-0.4, -0.2) is 55.0 Å². The summed E-state index contributed by atoms with van der Waals surface area (Å²) in [4.78, 5) is 15.7. The van der Waals surface area contributed by atoms with Gasteiger partial charge in [0.15, 0.2) is 0 Å². The zero-order valence-corrected chi connectivity index (χ0v) is 10.6. The largest absolute Gasteiger partial charge is 0.336 e. The molecule has 6 heteroatoms. The minimum absolute atomic E-state index is 0.463. The quantitative estimate of drug-likeness (QED) is 0.878. The highest BCUT2D eigenvalue weighted by Gasteiger charge is 2.26. The molecule has 1 aromatic rings. The summed E-state index contributed by atoms with van der Waals surface area (Å²) in [6.07, 6.45) is 0. The van der Waals surface area contributed by atoms with Crippen molar-refractivity contribution >= 4 is 5.91 Å². The molecule has 1 aliphatic rings. The zero-order chi connectivity index (χ0) is 13.8. The lowest BCUT2D eigenvalue weighted by molar-refractivity contribution is 0.0631. The molecule has 19 heavy (non-hydrogen) atoms. The van der Waals surface area contributed by atoms with E-state index >= 15 is 0 Å². The highest BCUT2D eigenvalue weighted by molar-refractivity contribution is 5.94. The molecule has 4 nitrogen and oxygen atoms in total. The van der Waals surface area contributed by atoms with E-state index in [0.717, 1.165) is 18.7 Å². The first-order valence-electron chi connectivity index (χ1n) is 6.29.